The van der Waals surface area contributed by atoms with E-state index in [1.165, 1.54) is 41.3 Å². The number of nitrogens with one attached hydrogen (secondary N) is 1. The van der Waals surface area contributed by atoms with Gasteiger partial charge in [-0.05, 0) is 67.8 Å². The average Bonchev–Trinajstić information content (AvgIpc) is 2.89. The highest BCUT2D eigenvalue weighted by Gasteiger charge is 2.32. The lowest BCUT2D eigenvalue weighted by atomic mass is 10.1. The summed E-state index contributed by atoms with van der Waals surface area (Å²) in [6, 6.07) is 19.5. The summed E-state index contributed by atoms with van der Waals surface area (Å²) >= 11 is 0. The van der Waals surface area contributed by atoms with Crippen LogP contribution in [0.4, 0.5) is 10.1 Å². The minimum atomic E-state index is -4.10. The highest BCUT2D eigenvalue weighted by molar-refractivity contribution is 7.92. The van der Waals surface area contributed by atoms with Gasteiger partial charge in [0.15, 0.2) is 0 Å². The number of aryl methyl sites for hydroxylation is 1. The molecular formula is C28H32FN3O4S. The fourth-order valence-corrected chi connectivity index (χ4v) is 5.22. The zero-order valence-corrected chi connectivity index (χ0v) is 22.0. The van der Waals surface area contributed by atoms with Crippen LogP contribution in [0, 0.1) is 12.7 Å². The number of carbonyl (C=O) groups is 2. The van der Waals surface area contributed by atoms with E-state index >= 15 is 0 Å². The zero-order valence-electron chi connectivity index (χ0n) is 21.2. The smallest absolute Gasteiger partial charge is 0.264 e. The Kier molecular flexibility index (Phi) is 9.41. The summed E-state index contributed by atoms with van der Waals surface area (Å²) in [6.07, 6.45) is 0.723. The van der Waals surface area contributed by atoms with Gasteiger partial charge in [0.25, 0.3) is 10.0 Å². The Labute approximate surface area is 218 Å². The number of amides is 2. The van der Waals surface area contributed by atoms with E-state index in [1.54, 1.807) is 43.3 Å². The average molecular weight is 526 g/mol. The molecule has 0 aliphatic rings. The Morgan fingerprint density at radius 1 is 0.973 bits per heavy atom. The van der Waals surface area contributed by atoms with Crippen molar-refractivity contribution in [2.45, 2.75) is 44.7 Å². The predicted molar refractivity (Wildman–Crippen MR) is 142 cm³/mol. The van der Waals surface area contributed by atoms with Gasteiger partial charge in [-0.2, -0.15) is 0 Å². The third kappa shape index (κ3) is 7.16. The van der Waals surface area contributed by atoms with Gasteiger partial charge in [0.1, 0.15) is 18.4 Å². The van der Waals surface area contributed by atoms with Crippen LogP contribution in [0.15, 0.2) is 83.8 Å². The molecule has 3 aromatic rings. The number of anilines is 1. The van der Waals surface area contributed by atoms with E-state index in [0.29, 0.717) is 17.8 Å². The van der Waals surface area contributed by atoms with Crippen LogP contribution in [0.5, 0.6) is 0 Å². The minimum absolute atomic E-state index is 0.00681. The Hall–Kier alpha value is -3.72. The summed E-state index contributed by atoms with van der Waals surface area (Å²) in [5.41, 5.74) is 1.77. The van der Waals surface area contributed by atoms with Crippen LogP contribution in [0.3, 0.4) is 0 Å². The van der Waals surface area contributed by atoms with Gasteiger partial charge in [0.05, 0.1) is 10.6 Å². The molecule has 7 nitrogen and oxygen atoms in total. The molecule has 3 rings (SSSR count). The number of carbonyl (C=O) groups excluding carboxylic acids is 2. The second kappa shape index (κ2) is 12.5. The molecule has 3 aromatic carbocycles. The number of halogens is 1. The lowest BCUT2D eigenvalue weighted by Gasteiger charge is -2.32. The Morgan fingerprint density at radius 2 is 1.65 bits per heavy atom. The van der Waals surface area contributed by atoms with Crippen molar-refractivity contribution in [1.82, 2.24) is 10.2 Å². The van der Waals surface area contributed by atoms with E-state index in [4.69, 9.17) is 0 Å². The molecule has 1 atom stereocenters. The van der Waals surface area contributed by atoms with E-state index < -0.39 is 34.3 Å². The molecule has 0 bridgehead atoms. The van der Waals surface area contributed by atoms with Crippen LogP contribution in [0.25, 0.3) is 0 Å². The summed E-state index contributed by atoms with van der Waals surface area (Å²) in [4.78, 5) is 27.9. The lowest BCUT2D eigenvalue weighted by Crippen LogP contribution is -2.51. The third-order valence-corrected chi connectivity index (χ3v) is 7.67. The maximum absolute atomic E-state index is 13.7. The van der Waals surface area contributed by atoms with Crippen molar-refractivity contribution in [3.05, 3.63) is 95.8 Å². The number of hydrogen-bond acceptors (Lipinski definition) is 4. The molecule has 0 saturated carbocycles. The zero-order chi connectivity index (χ0) is 27.0. The molecule has 2 amide bonds. The number of hydrogen-bond donors (Lipinski definition) is 1. The molecule has 1 N–H and O–H groups in total. The Bertz CT molecular complexity index is 1310. The van der Waals surface area contributed by atoms with Crippen molar-refractivity contribution >= 4 is 27.5 Å². The van der Waals surface area contributed by atoms with E-state index in [9.17, 15) is 22.4 Å². The van der Waals surface area contributed by atoms with Gasteiger partial charge in [-0.3, -0.25) is 13.9 Å². The molecule has 0 aliphatic heterocycles. The quantitative estimate of drug-likeness (QED) is 0.405. The molecule has 0 aromatic heterocycles. The first-order chi connectivity index (χ1) is 17.6. The van der Waals surface area contributed by atoms with Gasteiger partial charge in [0.2, 0.25) is 11.8 Å². The van der Waals surface area contributed by atoms with E-state index in [0.717, 1.165) is 16.3 Å². The van der Waals surface area contributed by atoms with E-state index in [1.807, 2.05) is 19.9 Å². The van der Waals surface area contributed by atoms with Gasteiger partial charge in [0, 0.05) is 13.1 Å². The topological polar surface area (TPSA) is 86.8 Å². The van der Waals surface area contributed by atoms with Gasteiger partial charge in [-0.1, -0.05) is 49.4 Å². The Morgan fingerprint density at radius 3 is 2.27 bits per heavy atom. The van der Waals surface area contributed by atoms with Crippen LogP contribution >= 0.6 is 0 Å². The maximum atomic E-state index is 13.7. The fraction of sp³-hybridized carbons (Fsp3) is 0.286. The SMILES string of the molecule is CCCNC(=O)[C@H](C)N(Cc1ccc(F)cc1)C(=O)CN(c1cccc(C)c1)S(=O)(=O)c1ccccc1. The molecule has 0 unspecified atom stereocenters. The van der Waals surface area contributed by atoms with Gasteiger partial charge < -0.3 is 10.2 Å². The Balaban J connectivity index is 2.00. The van der Waals surface area contributed by atoms with Gasteiger partial charge in [-0.15, -0.1) is 0 Å². The summed E-state index contributed by atoms with van der Waals surface area (Å²) in [7, 11) is -4.10. The summed E-state index contributed by atoms with van der Waals surface area (Å²) in [5.74, 6) is -1.34. The van der Waals surface area contributed by atoms with Crippen LogP contribution in [0.2, 0.25) is 0 Å². The summed E-state index contributed by atoms with van der Waals surface area (Å²) in [6.45, 7) is 5.27. The standard InChI is InChI=1S/C28H32FN3O4S/c1-4-17-30-28(34)22(3)31(19-23-13-15-24(29)16-14-23)27(33)20-32(25-10-8-9-21(2)18-25)37(35,36)26-11-6-5-7-12-26/h5-16,18,22H,4,17,19-20H2,1-3H3,(H,30,34)/t22-/m0/s1. The lowest BCUT2D eigenvalue weighted by molar-refractivity contribution is -0.139. The maximum Gasteiger partial charge on any atom is 0.264 e. The number of nitrogens with zero attached hydrogens (tertiary/aromatic N) is 2. The van der Waals surface area contributed by atoms with Crippen molar-refractivity contribution in [1.29, 1.82) is 0 Å². The third-order valence-electron chi connectivity index (χ3n) is 5.88. The number of benzene rings is 3. The monoisotopic (exact) mass is 525 g/mol. The van der Waals surface area contributed by atoms with Crippen LogP contribution < -0.4 is 9.62 Å². The predicted octanol–water partition coefficient (Wildman–Crippen LogP) is 4.27. The molecule has 0 heterocycles. The van der Waals surface area contributed by atoms with Gasteiger partial charge in [-0.25, -0.2) is 12.8 Å². The molecule has 0 spiro atoms. The molecule has 0 radical (unpaired) electrons. The van der Waals surface area contributed by atoms with Crippen molar-refractivity contribution in [3.8, 4) is 0 Å². The molecule has 37 heavy (non-hydrogen) atoms. The highest BCUT2D eigenvalue weighted by Crippen LogP contribution is 2.25. The number of rotatable bonds is 11. The number of sulfonamides is 1. The first-order valence-electron chi connectivity index (χ1n) is 12.1. The molecule has 0 aliphatic carbocycles. The largest absolute Gasteiger partial charge is 0.354 e. The second-order valence-electron chi connectivity index (χ2n) is 8.78. The van der Waals surface area contributed by atoms with Crippen LogP contribution in [-0.4, -0.2) is 44.3 Å². The van der Waals surface area contributed by atoms with Crippen molar-refractivity contribution < 1.29 is 22.4 Å². The van der Waals surface area contributed by atoms with Gasteiger partial charge >= 0.3 is 0 Å². The second-order valence-corrected chi connectivity index (χ2v) is 10.6. The summed E-state index contributed by atoms with van der Waals surface area (Å²) < 4.78 is 41.9. The highest BCUT2D eigenvalue weighted by atomic mass is 32.2. The first kappa shape index (κ1) is 27.9. The minimum Gasteiger partial charge on any atom is -0.354 e. The van der Waals surface area contributed by atoms with E-state index in [-0.39, 0.29) is 17.3 Å². The van der Waals surface area contributed by atoms with Crippen molar-refractivity contribution in [2.75, 3.05) is 17.4 Å². The van der Waals surface area contributed by atoms with Crippen LogP contribution in [-0.2, 0) is 26.2 Å². The molecule has 0 fully saturated rings. The van der Waals surface area contributed by atoms with Crippen molar-refractivity contribution in [2.24, 2.45) is 0 Å². The van der Waals surface area contributed by atoms with E-state index in [2.05, 4.69) is 5.32 Å². The molecule has 196 valence electrons. The summed E-state index contributed by atoms with van der Waals surface area (Å²) in [5, 5.41) is 2.79. The van der Waals surface area contributed by atoms with Crippen LogP contribution in [0.1, 0.15) is 31.4 Å². The fourth-order valence-electron chi connectivity index (χ4n) is 3.80. The van der Waals surface area contributed by atoms with Crippen molar-refractivity contribution in [3.63, 3.8) is 0 Å². The normalized spacial score (nSPS) is 12.0. The molecule has 9 heteroatoms. The molecular weight excluding hydrogens is 493 g/mol. The first-order valence-corrected chi connectivity index (χ1v) is 13.5. The molecule has 0 saturated heterocycles.